The summed E-state index contributed by atoms with van der Waals surface area (Å²) in [5, 5.41) is 2.99. The molecule has 3 rings (SSSR count). The molecule has 0 aliphatic heterocycles. The number of nitrogens with zero attached hydrogens (tertiary/aromatic N) is 2. The van der Waals surface area contributed by atoms with E-state index in [1.54, 1.807) is 37.3 Å². The molecule has 2 amide bonds. The molecule has 202 valence electrons. The Morgan fingerprint density at radius 2 is 1.68 bits per heavy atom. The van der Waals surface area contributed by atoms with E-state index < -0.39 is 40.3 Å². The first-order valence-electron chi connectivity index (χ1n) is 12.1. The highest BCUT2D eigenvalue weighted by atomic mass is 32.2. The van der Waals surface area contributed by atoms with Crippen LogP contribution in [0.5, 0.6) is 0 Å². The van der Waals surface area contributed by atoms with E-state index in [0.29, 0.717) is 10.4 Å². The summed E-state index contributed by atoms with van der Waals surface area (Å²) in [6.45, 7) is 0.835. The summed E-state index contributed by atoms with van der Waals surface area (Å²) in [4.78, 5) is 27.9. The van der Waals surface area contributed by atoms with Crippen molar-refractivity contribution in [1.82, 2.24) is 10.2 Å². The van der Waals surface area contributed by atoms with Crippen LogP contribution in [0.3, 0.4) is 0 Å². The second-order valence-corrected chi connectivity index (χ2v) is 11.3. The normalized spacial score (nSPS) is 15.6. The van der Waals surface area contributed by atoms with E-state index in [2.05, 4.69) is 5.32 Å². The number of sulfonamides is 1. The van der Waals surface area contributed by atoms with Crippen LogP contribution in [0.4, 0.5) is 18.9 Å². The second-order valence-electron chi connectivity index (χ2n) is 9.34. The van der Waals surface area contributed by atoms with Gasteiger partial charge in [0.1, 0.15) is 12.6 Å². The molecule has 1 saturated carbocycles. The lowest BCUT2D eigenvalue weighted by Crippen LogP contribution is -2.53. The van der Waals surface area contributed by atoms with Crippen molar-refractivity contribution in [2.45, 2.75) is 63.8 Å². The molecule has 7 nitrogen and oxygen atoms in total. The fourth-order valence-electron chi connectivity index (χ4n) is 4.38. The number of carbonyl (C=O) groups is 2. The Kier molecular flexibility index (Phi) is 9.22. The van der Waals surface area contributed by atoms with E-state index in [4.69, 9.17) is 0 Å². The molecule has 0 bridgehead atoms. The summed E-state index contributed by atoms with van der Waals surface area (Å²) >= 11 is 0. The van der Waals surface area contributed by atoms with Crippen molar-refractivity contribution >= 4 is 27.5 Å². The van der Waals surface area contributed by atoms with Gasteiger partial charge in [-0.1, -0.05) is 55.7 Å². The van der Waals surface area contributed by atoms with Crippen molar-refractivity contribution < 1.29 is 31.2 Å². The summed E-state index contributed by atoms with van der Waals surface area (Å²) < 4.78 is 65.6. The maximum Gasteiger partial charge on any atom is 0.416 e. The van der Waals surface area contributed by atoms with E-state index in [-0.39, 0.29) is 24.2 Å². The van der Waals surface area contributed by atoms with Crippen LogP contribution in [-0.2, 0) is 32.3 Å². The number of nitrogens with one attached hydrogen (secondary N) is 1. The third kappa shape index (κ3) is 7.95. The van der Waals surface area contributed by atoms with Gasteiger partial charge in [-0.25, -0.2) is 8.42 Å². The van der Waals surface area contributed by atoms with Crippen molar-refractivity contribution in [3.63, 3.8) is 0 Å². The van der Waals surface area contributed by atoms with Gasteiger partial charge in [0.2, 0.25) is 21.8 Å². The Morgan fingerprint density at radius 1 is 1.03 bits per heavy atom. The molecule has 2 aromatic rings. The topological polar surface area (TPSA) is 86.8 Å². The van der Waals surface area contributed by atoms with Gasteiger partial charge < -0.3 is 10.2 Å². The van der Waals surface area contributed by atoms with Gasteiger partial charge in [-0.05, 0) is 43.5 Å². The zero-order chi connectivity index (χ0) is 27.2. The van der Waals surface area contributed by atoms with Crippen LogP contribution >= 0.6 is 0 Å². The first-order valence-corrected chi connectivity index (χ1v) is 14.0. The highest BCUT2D eigenvalue weighted by Crippen LogP contribution is 2.32. The number of amides is 2. The molecule has 0 heterocycles. The Balaban J connectivity index is 1.88. The number of alkyl halides is 3. The molecular formula is C26H32F3N3O4S. The minimum absolute atomic E-state index is 0.00926. The number of hydrogen-bond acceptors (Lipinski definition) is 4. The average Bonchev–Trinajstić information content (AvgIpc) is 2.85. The average molecular weight is 540 g/mol. The van der Waals surface area contributed by atoms with Crippen LogP contribution in [-0.4, -0.2) is 50.0 Å². The lowest BCUT2D eigenvalue weighted by molar-refractivity contribution is -0.139. The summed E-state index contributed by atoms with van der Waals surface area (Å²) in [5.41, 5.74) is -0.602. The predicted molar refractivity (Wildman–Crippen MR) is 135 cm³/mol. The summed E-state index contributed by atoms with van der Waals surface area (Å²) in [6.07, 6.45) is 0.955. The van der Waals surface area contributed by atoms with Crippen molar-refractivity contribution in [2.24, 2.45) is 0 Å². The summed E-state index contributed by atoms with van der Waals surface area (Å²) in [7, 11) is -4.13. The lowest BCUT2D eigenvalue weighted by atomic mass is 9.95. The van der Waals surface area contributed by atoms with Crippen molar-refractivity contribution in [2.75, 3.05) is 17.1 Å². The minimum Gasteiger partial charge on any atom is -0.352 e. The Labute approximate surface area is 215 Å². The van der Waals surface area contributed by atoms with Gasteiger partial charge in [-0.3, -0.25) is 13.9 Å². The van der Waals surface area contributed by atoms with E-state index >= 15 is 0 Å². The number of anilines is 1. The third-order valence-electron chi connectivity index (χ3n) is 6.46. The van der Waals surface area contributed by atoms with Crippen LogP contribution < -0.4 is 9.62 Å². The van der Waals surface area contributed by atoms with Gasteiger partial charge in [-0.15, -0.1) is 0 Å². The minimum atomic E-state index is -4.69. The van der Waals surface area contributed by atoms with Crippen LogP contribution in [0, 0.1) is 0 Å². The highest BCUT2D eigenvalue weighted by molar-refractivity contribution is 7.92. The van der Waals surface area contributed by atoms with Crippen LogP contribution in [0.25, 0.3) is 0 Å². The second kappa shape index (κ2) is 12.0. The molecule has 1 N–H and O–H groups in total. The molecule has 11 heteroatoms. The van der Waals surface area contributed by atoms with Gasteiger partial charge in [0.05, 0.1) is 17.5 Å². The zero-order valence-electron chi connectivity index (χ0n) is 20.9. The maximum atomic E-state index is 13.5. The van der Waals surface area contributed by atoms with Gasteiger partial charge >= 0.3 is 6.18 Å². The fraction of sp³-hybridized carbons (Fsp3) is 0.462. The van der Waals surface area contributed by atoms with Crippen LogP contribution in [0.15, 0.2) is 54.6 Å². The lowest BCUT2D eigenvalue weighted by Gasteiger charge is -2.33. The van der Waals surface area contributed by atoms with E-state index in [1.165, 1.54) is 11.0 Å². The fourth-order valence-corrected chi connectivity index (χ4v) is 5.22. The maximum absolute atomic E-state index is 13.5. The third-order valence-corrected chi connectivity index (χ3v) is 7.60. The van der Waals surface area contributed by atoms with Gasteiger partial charge in [0.15, 0.2) is 0 Å². The molecule has 0 spiro atoms. The predicted octanol–water partition coefficient (Wildman–Crippen LogP) is 4.34. The van der Waals surface area contributed by atoms with Gasteiger partial charge in [-0.2, -0.15) is 13.2 Å². The monoisotopic (exact) mass is 539 g/mol. The van der Waals surface area contributed by atoms with Crippen LogP contribution in [0.1, 0.15) is 50.2 Å². The SMILES string of the molecule is C[C@@H](C(=O)NC1CCCCC1)N(Cc1ccccc1)C(=O)CN(c1cccc(C(F)(F)F)c1)S(C)(=O)=O. The molecule has 37 heavy (non-hydrogen) atoms. The van der Waals surface area contributed by atoms with Gasteiger partial charge in [0.25, 0.3) is 0 Å². The first kappa shape index (κ1) is 28.5. The van der Waals surface area contributed by atoms with Crippen LogP contribution in [0.2, 0.25) is 0 Å². The number of benzene rings is 2. The molecule has 1 aliphatic rings. The van der Waals surface area contributed by atoms with E-state index in [0.717, 1.165) is 56.1 Å². The zero-order valence-corrected chi connectivity index (χ0v) is 21.7. The number of rotatable bonds is 9. The Morgan fingerprint density at radius 3 is 2.27 bits per heavy atom. The Bertz CT molecular complexity index is 1180. The molecule has 0 radical (unpaired) electrons. The molecule has 0 saturated heterocycles. The van der Waals surface area contributed by atoms with E-state index in [9.17, 15) is 31.2 Å². The van der Waals surface area contributed by atoms with Crippen molar-refractivity contribution in [3.05, 3.63) is 65.7 Å². The quantitative estimate of drug-likeness (QED) is 0.514. The van der Waals surface area contributed by atoms with E-state index in [1.807, 2.05) is 0 Å². The number of carbonyl (C=O) groups excluding carboxylic acids is 2. The van der Waals surface area contributed by atoms with Crippen molar-refractivity contribution in [1.29, 1.82) is 0 Å². The van der Waals surface area contributed by atoms with Crippen molar-refractivity contribution in [3.8, 4) is 0 Å². The number of halogens is 3. The Hall–Kier alpha value is -3.08. The summed E-state index contributed by atoms with van der Waals surface area (Å²) in [5.74, 6) is -1.07. The molecular weight excluding hydrogens is 507 g/mol. The molecule has 0 aromatic heterocycles. The molecule has 1 fully saturated rings. The number of hydrogen-bond donors (Lipinski definition) is 1. The molecule has 1 atom stereocenters. The standard InChI is InChI=1S/C26H32F3N3O4S/c1-19(25(34)30-22-13-7-4-8-14-22)31(17-20-10-5-3-6-11-20)24(33)18-32(37(2,35)36)23-15-9-12-21(16-23)26(27,28)29/h3,5-6,9-12,15-16,19,22H,4,7-8,13-14,17-18H2,1-2H3,(H,30,34)/t19-/m0/s1. The molecule has 0 unspecified atom stereocenters. The summed E-state index contributed by atoms with van der Waals surface area (Å²) in [6, 6.07) is 11.8. The molecule has 2 aromatic carbocycles. The molecule has 1 aliphatic carbocycles. The smallest absolute Gasteiger partial charge is 0.352 e. The van der Waals surface area contributed by atoms with Gasteiger partial charge in [0, 0.05) is 12.6 Å². The largest absolute Gasteiger partial charge is 0.416 e. The highest BCUT2D eigenvalue weighted by Gasteiger charge is 2.34. The first-order chi connectivity index (χ1) is 17.4.